The molecule has 0 radical (unpaired) electrons. The van der Waals surface area contributed by atoms with Gasteiger partial charge in [0.15, 0.2) is 0 Å². The highest BCUT2D eigenvalue weighted by molar-refractivity contribution is 7.07. The van der Waals surface area contributed by atoms with Gasteiger partial charge < -0.3 is 10.4 Å². The molecule has 3 unspecified atom stereocenters. The zero-order valence-corrected chi connectivity index (χ0v) is 10.6. The summed E-state index contributed by atoms with van der Waals surface area (Å²) in [4.78, 5) is 0. The first-order valence-electron chi connectivity index (χ1n) is 5.53. The maximum Gasteiger partial charge on any atom is 0.0515 e. The fourth-order valence-corrected chi connectivity index (χ4v) is 2.44. The Hall–Kier alpha value is -0.380. The molecule has 0 aliphatic carbocycles. The number of nitrogens with one attached hydrogen (secondary N) is 1. The van der Waals surface area contributed by atoms with Crippen LogP contribution >= 0.6 is 11.3 Å². The highest BCUT2D eigenvalue weighted by Gasteiger charge is 2.09. The molecule has 0 aliphatic rings. The second kappa shape index (κ2) is 6.26. The third kappa shape index (κ3) is 4.78. The fourth-order valence-electron chi connectivity index (χ4n) is 1.68. The summed E-state index contributed by atoms with van der Waals surface area (Å²) < 4.78 is 0. The monoisotopic (exact) mass is 227 g/mol. The van der Waals surface area contributed by atoms with E-state index in [4.69, 9.17) is 0 Å². The van der Waals surface area contributed by atoms with Crippen LogP contribution in [0.4, 0.5) is 0 Å². The summed E-state index contributed by atoms with van der Waals surface area (Å²) in [7, 11) is 0. The minimum atomic E-state index is -0.196. The topological polar surface area (TPSA) is 32.3 Å². The average molecular weight is 227 g/mol. The lowest BCUT2D eigenvalue weighted by molar-refractivity contribution is 0.162. The normalized spacial score (nSPS) is 17.3. The summed E-state index contributed by atoms with van der Waals surface area (Å²) in [6, 6.07) is 2.56. The third-order valence-electron chi connectivity index (χ3n) is 2.56. The molecule has 0 saturated carbocycles. The third-order valence-corrected chi connectivity index (χ3v) is 3.26. The van der Waals surface area contributed by atoms with E-state index < -0.39 is 0 Å². The lowest BCUT2D eigenvalue weighted by Crippen LogP contribution is -2.25. The van der Waals surface area contributed by atoms with Crippen LogP contribution in [0, 0.1) is 5.92 Å². The Kier molecular flexibility index (Phi) is 5.29. The van der Waals surface area contributed by atoms with Gasteiger partial charge in [0.25, 0.3) is 0 Å². The minimum Gasteiger partial charge on any atom is -0.393 e. The molecule has 2 nitrogen and oxygen atoms in total. The fraction of sp³-hybridized carbons (Fsp3) is 0.667. The largest absolute Gasteiger partial charge is 0.393 e. The predicted octanol–water partition coefficient (Wildman–Crippen LogP) is 2.81. The Labute approximate surface area is 96.3 Å². The number of thiophene rings is 1. The maximum atomic E-state index is 9.25. The molecule has 86 valence electrons. The van der Waals surface area contributed by atoms with Crippen LogP contribution in [0.1, 0.15) is 38.8 Å². The van der Waals surface area contributed by atoms with Crippen LogP contribution in [0.25, 0.3) is 0 Å². The molecular formula is C12H21NOS. The second-order valence-electron chi connectivity index (χ2n) is 4.38. The summed E-state index contributed by atoms with van der Waals surface area (Å²) in [6.07, 6.45) is 0.668. The van der Waals surface area contributed by atoms with E-state index in [1.807, 2.05) is 6.92 Å². The van der Waals surface area contributed by atoms with Gasteiger partial charge in [0.2, 0.25) is 0 Å². The van der Waals surface area contributed by atoms with Crippen molar-refractivity contribution in [2.75, 3.05) is 6.54 Å². The van der Waals surface area contributed by atoms with Gasteiger partial charge in [-0.15, -0.1) is 0 Å². The van der Waals surface area contributed by atoms with Crippen molar-refractivity contribution in [1.82, 2.24) is 5.32 Å². The van der Waals surface area contributed by atoms with Crippen LogP contribution in [0.15, 0.2) is 16.8 Å². The molecule has 0 aromatic carbocycles. The van der Waals surface area contributed by atoms with Crippen molar-refractivity contribution >= 4 is 11.3 Å². The number of hydrogen-bond acceptors (Lipinski definition) is 3. The van der Waals surface area contributed by atoms with Crippen LogP contribution < -0.4 is 5.32 Å². The molecule has 0 aliphatic heterocycles. The second-order valence-corrected chi connectivity index (χ2v) is 5.16. The summed E-state index contributed by atoms with van der Waals surface area (Å²) in [5.74, 6) is 0.520. The zero-order chi connectivity index (χ0) is 11.3. The minimum absolute atomic E-state index is 0.196. The van der Waals surface area contributed by atoms with Gasteiger partial charge in [-0.1, -0.05) is 6.92 Å². The SMILES string of the molecule is CC(O)CC(C)CNC(C)c1ccsc1. The first-order valence-corrected chi connectivity index (χ1v) is 6.47. The zero-order valence-electron chi connectivity index (χ0n) is 9.73. The summed E-state index contributed by atoms with van der Waals surface area (Å²) in [6.45, 7) is 7.15. The van der Waals surface area contributed by atoms with Crippen LogP contribution in [-0.4, -0.2) is 17.8 Å². The van der Waals surface area contributed by atoms with Gasteiger partial charge >= 0.3 is 0 Å². The van der Waals surface area contributed by atoms with E-state index in [-0.39, 0.29) is 6.10 Å². The molecule has 0 saturated heterocycles. The van der Waals surface area contributed by atoms with Gasteiger partial charge in [0.05, 0.1) is 6.10 Å². The van der Waals surface area contributed by atoms with Crippen molar-refractivity contribution in [3.63, 3.8) is 0 Å². The highest BCUT2D eigenvalue weighted by Crippen LogP contribution is 2.16. The van der Waals surface area contributed by atoms with E-state index in [1.165, 1.54) is 5.56 Å². The van der Waals surface area contributed by atoms with E-state index >= 15 is 0 Å². The molecule has 1 heterocycles. The van der Waals surface area contributed by atoms with E-state index in [0.717, 1.165) is 13.0 Å². The van der Waals surface area contributed by atoms with Gasteiger partial charge in [-0.3, -0.25) is 0 Å². The van der Waals surface area contributed by atoms with E-state index in [9.17, 15) is 5.11 Å². The van der Waals surface area contributed by atoms with Gasteiger partial charge in [-0.2, -0.15) is 11.3 Å². The highest BCUT2D eigenvalue weighted by atomic mass is 32.1. The van der Waals surface area contributed by atoms with Gasteiger partial charge in [0.1, 0.15) is 0 Å². The molecule has 0 fully saturated rings. The quantitative estimate of drug-likeness (QED) is 0.783. The molecular weight excluding hydrogens is 206 g/mol. The molecule has 0 bridgehead atoms. The molecule has 0 spiro atoms. The van der Waals surface area contributed by atoms with Gasteiger partial charge in [0, 0.05) is 6.04 Å². The Bertz CT molecular complexity index is 259. The molecule has 1 aromatic heterocycles. The molecule has 2 N–H and O–H groups in total. The maximum absolute atomic E-state index is 9.25. The molecule has 0 amide bonds. The molecule has 1 aromatic rings. The van der Waals surface area contributed by atoms with Gasteiger partial charge in [-0.25, -0.2) is 0 Å². The van der Waals surface area contributed by atoms with Crippen molar-refractivity contribution < 1.29 is 5.11 Å². The Morgan fingerprint density at radius 3 is 2.67 bits per heavy atom. The van der Waals surface area contributed by atoms with Gasteiger partial charge in [-0.05, 0) is 55.1 Å². The summed E-state index contributed by atoms with van der Waals surface area (Å²) in [5.41, 5.74) is 1.35. The molecule has 1 rings (SSSR count). The van der Waals surface area contributed by atoms with E-state index in [2.05, 4.69) is 36.0 Å². The molecule has 3 atom stereocenters. The Balaban J connectivity index is 2.25. The molecule has 15 heavy (non-hydrogen) atoms. The van der Waals surface area contributed by atoms with Crippen LogP contribution in [0.2, 0.25) is 0 Å². The number of rotatable bonds is 6. The lowest BCUT2D eigenvalue weighted by Gasteiger charge is -2.18. The van der Waals surface area contributed by atoms with Crippen LogP contribution in [-0.2, 0) is 0 Å². The standard InChI is InChI=1S/C12H21NOS/c1-9(6-10(2)14)7-13-11(3)12-4-5-15-8-12/h4-5,8-11,13-14H,6-7H2,1-3H3. The number of aliphatic hydroxyl groups excluding tert-OH is 1. The van der Waals surface area contributed by atoms with Crippen molar-refractivity contribution in [3.8, 4) is 0 Å². The first-order chi connectivity index (χ1) is 7.09. The molecule has 3 heteroatoms. The number of hydrogen-bond donors (Lipinski definition) is 2. The Morgan fingerprint density at radius 1 is 1.40 bits per heavy atom. The van der Waals surface area contributed by atoms with Crippen molar-refractivity contribution in [2.45, 2.75) is 39.3 Å². The first kappa shape index (κ1) is 12.7. The smallest absolute Gasteiger partial charge is 0.0515 e. The lowest BCUT2D eigenvalue weighted by atomic mass is 10.0. The van der Waals surface area contributed by atoms with Crippen LogP contribution in [0.3, 0.4) is 0 Å². The van der Waals surface area contributed by atoms with E-state index in [1.54, 1.807) is 11.3 Å². The summed E-state index contributed by atoms with van der Waals surface area (Å²) in [5, 5.41) is 17.0. The van der Waals surface area contributed by atoms with Crippen LogP contribution in [0.5, 0.6) is 0 Å². The Morgan fingerprint density at radius 2 is 2.13 bits per heavy atom. The average Bonchev–Trinajstić information content (AvgIpc) is 2.65. The van der Waals surface area contributed by atoms with Crippen molar-refractivity contribution in [1.29, 1.82) is 0 Å². The summed E-state index contributed by atoms with van der Waals surface area (Å²) >= 11 is 1.73. The predicted molar refractivity (Wildman–Crippen MR) is 66.2 cm³/mol. The van der Waals surface area contributed by atoms with Crippen molar-refractivity contribution in [3.05, 3.63) is 22.4 Å². The number of aliphatic hydroxyl groups is 1. The van der Waals surface area contributed by atoms with E-state index in [0.29, 0.717) is 12.0 Å². The van der Waals surface area contributed by atoms with Crippen molar-refractivity contribution in [2.24, 2.45) is 5.92 Å².